The van der Waals surface area contributed by atoms with Crippen LogP contribution in [0.5, 0.6) is 0 Å². The lowest BCUT2D eigenvalue weighted by atomic mass is 10.1. The third kappa shape index (κ3) is 4.37. The Labute approximate surface area is 131 Å². The molecule has 2 N–H and O–H groups in total. The predicted octanol–water partition coefficient (Wildman–Crippen LogP) is 3.95. The van der Waals surface area contributed by atoms with E-state index in [4.69, 9.17) is 0 Å². The SMILES string of the molecule is CCNCc1cccc(NC(=O)c2cc(F)ccc2Br)c1. The molecule has 1 amide bonds. The molecule has 3 nitrogen and oxygen atoms in total. The zero-order chi connectivity index (χ0) is 15.2. The van der Waals surface area contributed by atoms with Gasteiger partial charge < -0.3 is 10.6 Å². The van der Waals surface area contributed by atoms with Crippen LogP contribution in [0.3, 0.4) is 0 Å². The van der Waals surface area contributed by atoms with E-state index in [1.165, 1.54) is 18.2 Å². The smallest absolute Gasteiger partial charge is 0.256 e. The molecule has 0 aliphatic heterocycles. The van der Waals surface area contributed by atoms with Gasteiger partial charge in [0.2, 0.25) is 0 Å². The Kier molecular flexibility index (Phi) is 5.47. The highest BCUT2D eigenvalue weighted by Gasteiger charge is 2.11. The number of hydrogen-bond acceptors (Lipinski definition) is 2. The summed E-state index contributed by atoms with van der Waals surface area (Å²) in [7, 11) is 0. The Morgan fingerprint density at radius 2 is 2.05 bits per heavy atom. The van der Waals surface area contributed by atoms with E-state index in [-0.39, 0.29) is 11.5 Å². The molecule has 0 saturated heterocycles. The number of carbonyl (C=O) groups is 1. The first-order chi connectivity index (χ1) is 10.1. The van der Waals surface area contributed by atoms with E-state index in [0.717, 1.165) is 18.7 Å². The molecule has 21 heavy (non-hydrogen) atoms. The lowest BCUT2D eigenvalue weighted by Gasteiger charge is -2.09. The normalized spacial score (nSPS) is 10.4. The fraction of sp³-hybridized carbons (Fsp3) is 0.188. The fourth-order valence-corrected chi connectivity index (χ4v) is 2.32. The van der Waals surface area contributed by atoms with Crippen LogP contribution in [-0.4, -0.2) is 12.5 Å². The summed E-state index contributed by atoms with van der Waals surface area (Å²) in [5, 5.41) is 6.00. The predicted molar refractivity (Wildman–Crippen MR) is 85.9 cm³/mol. The van der Waals surface area contributed by atoms with Crippen molar-refractivity contribution >= 4 is 27.5 Å². The highest BCUT2D eigenvalue weighted by molar-refractivity contribution is 9.10. The number of halogens is 2. The molecular formula is C16H16BrFN2O. The van der Waals surface area contributed by atoms with Gasteiger partial charge in [-0.3, -0.25) is 4.79 Å². The second-order valence-corrected chi connectivity index (χ2v) is 5.41. The number of hydrogen-bond donors (Lipinski definition) is 2. The summed E-state index contributed by atoms with van der Waals surface area (Å²) in [6.45, 7) is 3.66. The van der Waals surface area contributed by atoms with E-state index in [0.29, 0.717) is 10.2 Å². The van der Waals surface area contributed by atoms with Crippen molar-refractivity contribution in [3.05, 3.63) is 63.9 Å². The Morgan fingerprint density at radius 1 is 1.24 bits per heavy atom. The first kappa shape index (κ1) is 15.7. The molecule has 0 atom stereocenters. The highest BCUT2D eigenvalue weighted by Crippen LogP contribution is 2.20. The average molecular weight is 351 g/mol. The summed E-state index contributed by atoms with van der Waals surface area (Å²) >= 11 is 3.26. The van der Waals surface area contributed by atoms with E-state index < -0.39 is 5.82 Å². The van der Waals surface area contributed by atoms with Gasteiger partial charge in [-0.2, -0.15) is 0 Å². The summed E-state index contributed by atoms with van der Waals surface area (Å²) in [6, 6.07) is 11.6. The Balaban J connectivity index is 2.14. The van der Waals surface area contributed by atoms with Crippen molar-refractivity contribution in [1.82, 2.24) is 5.32 Å². The quantitative estimate of drug-likeness (QED) is 0.857. The molecule has 0 spiro atoms. The van der Waals surface area contributed by atoms with Crippen LogP contribution in [0, 0.1) is 5.82 Å². The van der Waals surface area contributed by atoms with Gasteiger partial charge in [0.1, 0.15) is 5.82 Å². The summed E-state index contributed by atoms with van der Waals surface area (Å²) in [5.74, 6) is -0.786. The molecule has 0 unspecified atom stereocenters. The Morgan fingerprint density at radius 3 is 2.81 bits per heavy atom. The van der Waals surface area contributed by atoms with Crippen molar-refractivity contribution in [2.45, 2.75) is 13.5 Å². The molecule has 0 aromatic heterocycles. The maximum absolute atomic E-state index is 13.2. The molecule has 5 heteroatoms. The lowest BCUT2D eigenvalue weighted by molar-refractivity contribution is 0.102. The molecule has 2 aromatic carbocycles. The molecule has 0 fully saturated rings. The molecule has 0 bridgehead atoms. The van der Waals surface area contributed by atoms with E-state index in [1.807, 2.05) is 25.1 Å². The summed E-state index contributed by atoms with van der Waals surface area (Å²) in [5.41, 5.74) is 2.03. The first-order valence-corrected chi connectivity index (χ1v) is 7.45. The topological polar surface area (TPSA) is 41.1 Å². The minimum atomic E-state index is -0.441. The standard InChI is InChI=1S/C16H16BrFN2O/c1-2-19-10-11-4-3-5-13(8-11)20-16(21)14-9-12(18)6-7-15(14)17/h3-9,19H,2,10H2,1H3,(H,20,21). The third-order valence-electron chi connectivity index (χ3n) is 2.94. The number of rotatable bonds is 5. The highest BCUT2D eigenvalue weighted by atomic mass is 79.9. The molecule has 0 saturated carbocycles. The van der Waals surface area contributed by atoms with Crippen molar-refractivity contribution in [2.75, 3.05) is 11.9 Å². The molecule has 0 aliphatic rings. The van der Waals surface area contributed by atoms with Crippen LogP contribution in [-0.2, 0) is 6.54 Å². The summed E-state index contributed by atoms with van der Waals surface area (Å²) in [4.78, 5) is 12.2. The van der Waals surface area contributed by atoms with Crippen LogP contribution in [0.4, 0.5) is 10.1 Å². The Bertz CT molecular complexity index is 646. The van der Waals surface area contributed by atoms with Gasteiger partial charge in [0.25, 0.3) is 5.91 Å². The van der Waals surface area contributed by atoms with E-state index in [1.54, 1.807) is 6.07 Å². The van der Waals surface area contributed by atoms with Gasteiger partial charge in [0, 0.05) is 16.7 Å². The lowest BCUT2D eigenvalue weighted by Crippen LogP contribution is -2.14. The zero-order valence-electron chi connectivity index (χ0n) is 11.6. The van der Waals surface area contributed by atoms with E-state index >= 15 is 0 Å². The Hall–Kier alpha value is -1.72. The molecule has 0 aliphatic carbocycles. The molecule has 2 rings (SSSR count). The maximum Gasteiger partial charge on any atom is 0.256 e. The van der Waals surface area contributed by atoms with Gasteiger partial charge in [-0.15, -0.1) is 0 Å². The number of nitrogens with one attached hydrogen (secondary N) is 2. The molecule has 0 heterocycles. The van der Waals surface area contributed by atoms with Crippen LogP contribution >= 0.6 is 15.9 Å². The van der Waals surface area contributed by atoms with Crippen LogP contribution < -0.4 is 10.6 Å². The molecular weight excluding hydrogens is 335 g/mol. The van der Waals surface area contributed by atoms with E-state index in [9.17, 15) is 9.18 Å². The number of carbonyl (C=O) groups excluding carboxylic acids is 1. The minimum Gasteiger partial charge on any atom is -0.322 e. The number of benzene rings is 2. The van der Waals surface area contributed by atoms with Gasteiger partial charge in [-0.05, 0) is 58.4 Å². The monoisotopic (exact) mass is 350 g/mol. The van der Waals surface area contributed by atoms with Crippen molar-refractivity contribution in [3.63, 3.8) is 0 Å². The first-order valence-electron chi connectivity index (χ1n) is 6.66. The van der Waals surface area contributed by atoms with Crippen LogP contribution in [0.2, 0.25) is 0 Å². The average Bonchev–Trinajstić information content (AvgIpc) is 2.48. The summed E-state index contributed by atoms with van der Waals surface area (Å²) in [6.07, 6.45) is 0. The van der Waals surface area contributed by atoms with Gasteiger partial charge >= 0.3 is 0 Å². The molecule has 110 valence electrons. The van der Waals surface area contributed by atoms with Gasteiger partial charge in [-0.1, -0.05) is 19.1 Å². The second kappa shape index (κ2) is 7.33. The second-order valence-electron chi connectivity index (χ2n) is 4.56. The number of anilines is 1. The number of amides is 1. The largest absolute Gasteiger partial charge is 0.322 e. The maximum atomic E-state index is 13.2. The summed E-state index contributed by atoms with van der Waals surface area (Å²) < 4.78 is 13.8. The minimum absolute atomic E-state index is 0.270. The van der Waals surface area contributed by atoms with Crippen LogP contribution in [0.1, 0.15) is 22.8 Å². The van der Waals surface area contributed by atoms with E-state index in [2.05, 4.69) is 26.6 Å². The molecule has 0 radical (unpaired) electrons. The van der Waals surface area contributed by atoms with Crippen LogP contribution in [0.25, 0.3) is 0 Å². The van der Waals surface area contributed by atoms with Crippen molar-refractivity contribution in [2.24, 2.45) is 0 Å². The van der Waals surface area contributed by atoms with Crippen molar-refractivity contribution < 1.29 is 9.18 Å². The van der Waals surface area contributed by atoms with Gasteiger partial charge in [0.05, 0.1) is 5.56 Å². The zero-order valence-corrected chi connectivity index (χ0v) is 13.2. The third-order valence-corrected chi connectivity index (χ3v) is 3.63. The van der Waals surface area contributed by atoms with Crippen molar-refractivity contribution in [3.8, 4) is 0 Å². The van der Waals surface area contributed by atoms with Crippen molar-refractivity contribution in [1.29, 1.82) is 0 Å². The van der Waals surface area contributed by atoms with Gasteiger partial charge in [-0.25, -0.2) is 4.39 Å². The van der Waals surface area contributed by atoms with Crippen LogP contribution in [0.15, 0.2) is 46.9 Å². The van der Waals surface area contributed by atoms with Gasteiger partial charge in [0.15, 0.2) is 0 Å². The molecule has 2 aromatic rings. The fourth-order valence-electron chi connectivity index (χ4n) is 1.90.